The number of likely N-dealkylation sites (tertiary alicyclic amines) is 1. The molecule has 2 bridgehead atoms. The van der Waals surface area contributed by atoms with Crippen molar-refractivity contribution >= 4 is 29.2 Å². The molecule has 0 radical (unpaired) electrons. The minimum Gasteiger partial charge on any atom is -0.326 e. The van der Waals surface area contributed by atoms with E-state index in [-0.39, 0.29) is 47.2 Å². The number of imide groups is 1. The van der Waals surface area contributed by atoms with Gasteiger partial charge in [-0.3, -0.25) is 24.1 Å². The van der Waals surface area contributed by atoms with Crippen LogP contribution < -0.4 is 5.32 Å². The molecule has 1 N–H and O–H groups in total. The number of carbonyl (C=O) groups excluding carboxylic acids is 4. The van der Waals surface area contributed by atoms with E-state index in [0.717, 1.165) is 12.8 Å². The van der Waals surface area contributed by atoms with E-state index in [1.54, 1.807) is 24.3 Å². The maximum atomic E-state index is 12.9. The number of allylic oxidation sites excluding steroid dienone is 2. The lowest BCUT2D eigenvalue weighted by molar-refractivity contribution is -0.140. The predicted molar refractivity (Wildman–Crippen MR) is 115 cm³/mol. The van der Waals surface area contributed by atoms with Crippen LogP contribution in [0.3, 0.4) is 0 Å². The average molecular weight is 421 g/mol. The summed E-state index contributed by atoms with van der Waals surface area (Å²) in [5.74, 6) is 1.48. The number of unbranched alkanes of at least 4 members (excludes halogenated alkanes) is 2. The quantitative estimate of drug-likeness (QED) is 0.302. The molecule has 2 saturated carbocycles. The van der Waals surface area contributed by atoms with Gasteiger partial charge in [0.1, 0.15) is 0 Å². The van der Waals surface area contributed by atoms with Crippen molar-refractivity contribution in [2.75, 3.05) is 11.9 Å². The fourth-order valence-electron chi connectivity index (χ4n) is 6.01. The number of anilines is 1. The van der Waals surface area contributed by atoms with E-state index in [2.05, 4.69) is 17.5 Å². The van der Waals surface area contributed by atoms with Gasteiger partial charge in [0, 0.05) is 24.2 Å². The topological polar surface area (TPSA) is 83.6 Å². The molecule has 4 aliphatic carbocycles. The highest BCUT2D eigenvalue weighted by Gasteiger charge is 2.66. The number of benzene rings is 1. The van der Waals surface area contributed by atoms with Crippen LogP contribution in [0.15, 0.2) is 36.4 Å². The number of Topliss-reactive ketones (excluding diaryl/α,β-unsaturated/α-hetero) is 1. The van der Waals surface area contributed by atoms with E-state index in [9.17, 15) is 19.2 Å². The van der Waals surface area contributed by atoms with Gasteiger partial charge in [0.2, 0.25) is 17.7 Å². The highest BCUT2D eigenvalue weighted by Crippen LogP contribution is 2.65. The number of amides is 3. The highest BCUT2D eigenvalue weighted by molar-refractivity contribution is 6.06. The minimum absolute atomic E-state index is 0.0304. The molecule has 6 atom stereocenters. The Bertz CT molecular complexity index is 947. The second-order valence-corrected chi connectivity index (χ2v) is 9.48. The van der Waals surface area contributed by atoms with Crippen molar-refractivity contribution in [3.05, 3.63) is 42.0 Å². The first-order valence-corrected chi connectivity index (χ1v) is 11.4. The van der Waals surface area contributed by atoms with E-state index in [1.807, 2.05) is 0 Å². The van der Waals surface area contributed by atoms with Crippen molar-refractivity contribution in [1.82, 2.24) is 4.90 Å². The van der Waals surface area contributed by atoms with Crippen LogP contribution >= 0.6 is 0 Å². The van der Waals surface area contributed by atoms with E-state index in [1.165, 1.54) is 18.2 Å². The zero-order valence-electron chi connectivity index (χ0n) is 17.8. The summed E-state index contributed by atoms with van der Waals surface area (Å²) in [6, 6.07) is 6.91. The smallest absolute Gasteiger partial charge is 0.233 e. The van der Waals surface area contributed by atoms with Crippen molar-refractivity contribution in [2.45, 2.75) is 39.0 Å². The molecule has 3 fully saturated rings. The first kappa shape index (κ1) is 20.2. The monoisotopic (exact) mass is 420 g/mol. The molecular weight excluding hydrogens is 392 g/mol. The molecule has 162 valence electrons. The van der Waals surface area contributed by atoms with Crippen LogP contribution in [-0.2, 0) is 14.4 Å². The summed E-state index contributed by atoms with van der Waals surface area (Å²) in [6.07, 6.45) is 8.13. The van der Waals surface area contributed by atoms with Crippen molar-refractivity contribution in [3.8, 4) is 0 Å². The Balaban J connectivity index is 1.07. The van der Waals surface area contributed by atoms with Crippen LogP contribution in [0.5, 0.6) is 0 Å². The Morgan fingerprint density at radius 2 is 1.68 bits per heavy atom. The molecule has 0 unspecified atom stereocenters. The molecule has 1 heterocycles. The van der Waals surface area contributed by atoms with Gasteiger partial charge < -0.3 is 5.32 Å². The summed E-state index contributed by atoms with van der Waals surface area (Å²) in [6.45, 7) is 1.96. The average Bonchev–Trinajstić information content (AvgIpc) is 3.53. The van der Waals surface area contributed by atoms with Crippen molar-refractivity contribution in [1.29, 1.82) is 0 Å². The standard InChI is InChI=1S/C25H28N2O4/c1-14(28)15-6-5-7-16(12-15)26-21(29)8-3-2-4-11-27-24(30)22-17-9-10-18(20-13-19(17)20)23(22)25(27)31/h5-7,9-10,12,17-20,22-23H,2-4,8,11,13H2,1H3,(H,26,29)/t17-,18-,19-,20+,22+,23-/m1/s1. The van der Waals surface area contributed by atoms with E-state index >= 15 is 0 Å². The Morgan fingerprint density at radius 3 is 2.32 bits per heavy atom. The maximum Gasteiger partial charge on any atom is 0.233 e. The lowest BCUT2D eigenvalue weighted by Gasteiger charge is -2.37. The largest absolute Gasteiger partial charge is 0.326 e. The predicted octanol–water partition coefficient (Wildman–Crippen LogP) is 3.44. The summed E-state index contributed by atoms with van der Waals surface area (Å²) in [7, 11) is 0. The van der Waals surface area contributed by atoms with E-state index < -0.39 is 0 Å². The van der Waals surface area contributed by atoms with Crippen LogP contribution in [0.1, 0.15) is 49.4 Å². The van der Waals surface area contributed by atoms with E-state index in [0.29, 0.717) is 42.5 Å². The van der Waals surface area contributed by atoms with Gasteiger partial charge in [0.15, 0.2) is 5.78 Å². The number of rotatable bonds is 8. The second-order valence-electron chi connectivity index (χ2n) is 9.48. The zero-order chi connectivity index (χ0) is 21.7. The lowest BCUT2D eigenvalue weighted by Crippen LogP contribution is -2.40. The Hall–Kier alpha value is -2.76. The van der Waals surface area contributed by atoms with Crippen LogP contribution in [0.2, 0.25) is 0 Å². The van der Waals surface area contributed by atoms with Gasteiger partial charge in [0.05, 0.1) is 11.8 Å². The molecule has 6 rings (SSSR count). The summed E-state index contributed by atoms with van der Waals surface area (Å²) in [4.78, 5) is 51.0. The molecule has 1 saturated heterocycles. The zero-order valence-corrected chi connectivity index (χ0v) is 17.8. The summed E-state index contributed by atoms with van der Waals surface area (Å²) >= 11 is 0. The molecule has 1 aliphatic heterocycles. The SMILES string of the molecule is CC(=O)c1cccc(NC(=O)CCCCCN2C(=O)[C@@H]3[C@@H]4C=C[C@H]([C@H]5C[C@@H]45)[C@@H]3C2=O)c1. The lowest BCUT2D eigenvalue weighted by atomic mass is 9.63. The van der Waals surface area contributed by atoms with Gasteiger partial charge in [-0.25, -0.2) is 0 Å². The maximum absolute atomic E-state index is 12.9. The molecule has 6 nitrogen and oxygen atoms in total. The first-order chi connectivity index (χ1) is 15.0. The molecule has 31 heavy (non-hydrogen) atoms. The first-order valence-electron chi connectivity index (χ1n) is 11.4. The van der Waals surface area contributed by atoms with Crippen LogP contribution in [0, 0.1) is 35.5 Å². The fourth-order valence-corrected chi connectivity index (χ4v) is 6.01. The second kappa shape index (κ2) is 7.74. The summed E-state index contributed by atoms with van der Waals surface area (Å²) < 4.78 is 0. The van der Waals surface area contributed by atoms with Crippen molar-refractivity contribution in [3.63, 3.8) is 0 Å². The fraction of sp³-hybridized carbons (Fsp3) is 0.520. The number of nitrogens with zero attached hydrogens (tertiary/aromatic N) is 1. The van der Waals surface area contributed by atoms with Gasteiger partial charge in [0.25, 0.3) is 0 Å². The number of carbonyl (C=O) groups is 4. The Labute approximate surface area is 182 Å². The van der Waals surface area contributed by atoms with Gasteiger partial charge in [-0.05, 0) is 62.0 Å². The Kier molecular flexibility index (Phi) is 5.03. The number of ketones is 1. The number of nitrogens with one attached hydrogen (secondary N) is 1. The molecule has 0 spiro atoms. The molecule has 3 amide bonds. The van der Waals surface area contributed by atoms with Gasteiger partial charge in [-0.1, -0.05) is 30.7 Å². The van der Waals surface area contributed by atoms with E-state index in [4.69, 9.17) is 0 Å². The molecule has 1 aromatic rings. The number of hydrogen-bond donors (Lipinski definition) is 1. The molecular formula is C25H28N2O4. The molecule has 1 aromatic carbocycles. The molecule has 6 heteroatoms. The van der Waals surface area contributed by atoms with Gasteiger partial charge >= 0.3 is 0 Å². The van der Waals surface area contributed by atoms with Crippen LogP contribution in [0.4, 0.5) is 5.69 Å². The molecule has 0 aromatic heterocycles. The van der Waals surface area contributed by atoms with Gasteiger partial charge in [-0.2, -0.15) is 0 Å². The highest BCUT2D eigenvalue weighted by atomic mass is 16.2. The normalized spacial score (nSPS) is 32.1. The number of hydrogen-bond acceptors (Lipinski definition) is 4. The third kappa shape index (κ3) is 3.52. The minimum atomic E-state index is -0.122. The third-order valence-corrected chi connectivity index (χ3v) is 7.59. The third-order valence-electron chi connectivity index (χ3n) is 7.59. The van der Waals surface area contributed by atoms with Crippen molar-refractivity contribution in [2.24, 2.45) is 35.5 Å². The van der Waals surface area contributed by atoms with Crippen molar-refractivity contribution < 1.29 is 19.2 Å². The Morgan fingerprint density at radius 1 is 1.00 bits per heavy atom. The summed E-state index contributed by atoms with van der Waals surface area (Å²) in [5.41, 5.74) is 1.19. The van der Waals surface area contributed by atoms with Gasteiger partial charge in [-0.15, -0.1) is 0 Å². The molecule has 5 aliphatic rings. The van der Waals surface area contributed by atoms with Crippen LogP contribution in [-0.4, -0.2) is 34.9 Å². The summed E-state index contributed by atoms with van der Waals surface area (Å²) in [5, 5.41) is 2.83. The van der Waals surface area contributed by atoms with Crippen LogP contribution in [0.25, 0.3) is 0 Å².